The van der Waals surface area contributed by atoms with Gasteiger partial charge in [0, 0.05) is 6.07 Å². The van der Waals surface area contributed by atoms with E-state index < -0.39 is 17.7 Å². The van der Waals surface area contributed by atoms with Gasteiger partial charge >= 0.3 is 11.9 Å². The Labute approximate surface area is 118 Å². The van der Waals surface area contributed by atoms with Crippen molar-refractivity contribution in [2.24, 2.45) is 0 Å². The van der Waals surface area contributed by atoms with Gasteiger partial charge in [0.1, 0.15) is 11.5 Å². The molecule has 0 amide bonds. The van der Waals surface area contributed by atoms with Crippen molar-refractivity contribution in [3.05, 3.63) is 29.7 Å². The van der Waals surface area contributed by atoms with Crippen LogP contribution in [0.3, 0.4) is 0 Å². The largest absolute Gasteiger partial charge is 0.508 e. The Morgan fingerprint density at radius 2 is 1.81 bits per heavy atom. The van der Waals surface area contributed by atoms with Gasteiger partial charge in [0.25, 0.3) is 0 Å². The molecule has 8 heteroatoms. The van der Waals surface area contributed by atoms with Crippen molar-refractivity contribution in [2.75, 3.05) is 14.2 Å². The van der Waals surface area contributed by atoms with Gasteiger partial charge in [-0.15, -0.1) is 0 Å². The zero-order chi connectivity index (χ0) is 15.6. The second kappa shape index (κ2) is 5.53. The molecule has 21 heavy (non-hydrogen) atoms. The summed E-state index contributed by atoms with van der Waals surface area (Å²) < 4.78 is 14.2. The van der Waals surface area contributed by atoms with Crippen molar-refractivity contribution < 1.29 is 33.7 Å². The van der Waals surface area contributed by atoms with Crippen LogP contribution in [0.15, 0.2) is 22.6 Å². The molecule has 0 saturated carbocycles. The standard InChI is InChI=1S/C13H11NO7/c1-19-12(17)9-10(13(18)20-2)21-11(14-9)7-4-3-6(15)5-8(7)16/h3-5,15-16H,1-2H3. The van der Waals surface area contributed by atoms with Crippen molar-refractivity contribution in [2.45, 2.75) is 0 Å². The Bertz CT molecular complexity index is 671. The van der Waals surface area contributed by atoms with E-state index in [-0.39, 0.29) is 28.6 Å². The first-order chi connectivity index (χ1) is 9.97. The van der Waals surface area contributed by atoms with E-state index in [2.05, 4.69) is 14.5 Å². The predicted octanol–water partition coefficient (Wildman–Crippen LogP) is 1.33. The molecule has 0 unspecified atom stereocenters. The number of hydrogen-bond donors (Lipinski definition) is 2. The number of ether oxygens (including phenoxy) is 2. The van der Waals surface area contributed by atoms with Gasteiger partial charge in [0.15, 0.2) is 0 Å². The number of rotatable bonds is 3. The molecule has 0 saturated heterocycles. The highest BCUT2D eigenvalue weighted by Crippen LogP contribution is 2.32. The molecule has 8 nitrogen and oxygen atoms in total. The zero-order valence-corrected chi connectivity index (χ0v) is 11.1. The SMILES string of the molecule is COC(=O)c1nc(-c2ccc(O)cc2O)oc1C(=O)OC. The Kier molecular flexibility index (Phi) is 3.79. The maximum Gasteiger partial charge on any atom is 0.376 e. The molecule has 0 spiro atoms. The summed E-state index contributed by atoms with van der Waals surface area (Å²) in [6.45, 7) is 0. The van der Waals surface area contributed by atoms with Crippen LogP contribution in [-0.2, 0) is 9.47 Å². The molecule has 2 aromatic rings. The molecule has 2 rings (SSSR count). The van der Waals surface area contributed by atoms with Gasteiger partial charge in [0.2, 0.25) is 17.3 Å². The molecule has 0 fully saturated rings. The quantitative estimate of drug-likeness (QED) is 0.813. The average molecular weight is 293 g/mol. The lowest BCUT2D eigenvalue weighted by Gasteiger charge is -2.00. The molecule has 0 aliphatic carbocycles. The van der Waals surface area contributed by atoms with E-state index >= 15 is 0 Å². The number of nitrogens with zero attached hydrogens (tertiary/aromatic N) is 1. The fraction of sp³-hybridized carbons (Fsp3) is 0.154. The van der Waals surface area contributed by atoms with E-state index in [0.717, 1.165) is 20.3 Å². The number of hydrogen-bond acceptors (Lipinski definition) is 8. The van der Waals surface area contributed by atoms with Crippen LogP contribution in [0, 0.1) is 0 Å². The minimum atomic E-state index is -0.910. The van der Waals surface area contributed by atoms with E-state index in [1.807, 2.05) is 0 Å². The summed E-state index contributed by atoms with van der Waals surface area (Å²) in [7, 11) is 2.24. The highest BCUT2D eigenvalue weighted by atomic mass is 16.5. The van der Waals surface area contributed by atoms with Crippen LogP contribution < -0.4 is 0 Å². The summed E-state index contributed by atoms with van der Waals surface area (Å²) in [6.07, 6.45) is 0. The van der Waals surface area contributed by atoms with Crippen LogP contribution in [0.1, 0.15) is 21.0 Å². The van der Waals surface area contributed by atoms with E-state index in [0.29, 0.717) is 0 Å². The first kappa shape index (κ1) is 14.4. The number of aromatic nitrogens is 1. The van der Waals surface area contributed by atoms with E-state index in [1.165, 1.54) is 12.1 Å². The third kappa shape index (κ3) is 2.64. The Hall–Kier alpha value is -3.03. The lowest BCUT2D eigenvalue weighted by molar-refractivity contribution is 0.0527. The van der Waals surface area contributed by atoms with Crippen LogP contribution in [0.4, 0.5) is 0 Å². The first-order valence-corrected chi connectivity index (χ1v) is 5.67. The average Bonchev–Trinajstić information content (AvgIpc) is 2.90. The number of aromatic hydroxyl groups is 2. The number of oxazole rings is 1. The molecule has 0 radical (unpaired) electrons. The zero-order valence-electron chi connectivity index (χ0n) is 11.1. The van der Waals surface area contributed by atoms with Crippen molar-refractivity contribution in [1.29, 1.82) is 0 Å². The second-order valence-electron chi connectivity index (χ2n) is 3.88. The number of esters is 2. The Morgan fingerprint density at radius 3 is 2.38 bits per heavy atom. The minimum Gasteiger partial charge on any atom is -0.508 e. The summed E-state index contributed by atoms with van der Waals surface area (Å²) in [5, 5.41) is 19.0. The molecule has 1 aromatic heterocycles. The number of methoxy groups -OCH3 is 2. The van der Waals surface area contributed by atoms with Crippen molar-refractivity contribution in [3.63, 3.8) is 0 Å². The highest BCUT2D eigenvalue weighted by Gasteiger charge is 2.28. The Morgan fingerprint density at radius 1 is 1.14 bits per heavy atom. The molecule has 1 heterocycles. The van der Waals surface area contributed by atoms with Crippen molar-refractivity contribution >= 4 is 11.9 Å². The van der Waals surface area contributed by atoms with Crippen LogP contribution in [0.2, 0.25) is 0 Å². The summed E-state index contributed by atoms with van der Waals surface area (Å²) in [4.78, 5) is 27.0. The molecule has 2 N–H and O–H groups in total. The highest BCUT2D eigenvalue weighted by molar-refractivity contribution is 6.00. The summed E-state index contributed by atoms with van der Waals surface area (Å²) in [6, 6.07) is 3.67. The maximum absolute atomic E-state index is 11.6. The fourth-order valence-corrected chi connectivity index (χ4v) is 1.60. The van der Waals surface area contributed by atoms with Gasteiger partial charge in [0.05, 0.1) is 19.8 Å². The summed E-state index contributed by atoms with van der Waals surface area (Å²) in [5.74, 6) is -2.91. The van der Waals surface area contributed by atoms with Crippen molar-refractivity contribution in [3.8, 4) is 23.0 Å². The molecular weight excluding hydrogens is 282 g/mol. The molecule has 0 atom stereocenters. The van der Waals surface area contributed by atoms with Crippen LogP contribution in [0.5, 0.6) is 11.5 Å². The van der Waals surface area contributed by atoms with Gasteiger partial charge < -0.3 is 24.1 Å². The summed E-state index contributed by atoms with van der Waals surface area (Å²) in [5.41, 5.74) is -0.278. The second-order valence-corrected chi connectivity index (χ2v) is 3.88. The third-order valence-electron chi connectivity index (χ3n) is 2.59. The Balaban J connectivity index is 2.58. The number of benzene rings is 1. The number of carbonyl (C=O) groups excluding carboxylic acids is 2. The first-order valence-electron chi connectivity index (χ1n) is 5.67. The van der Waals surface area contributed by atoms with Crippen LogP contribution in [-0.4, -0.2) is 41.4 Å². The van der Waals surface area contributed by atoms with E-state index in [4.69, 9.17) is 4.42 Å². The molecule has 0 aliphatic rings. The molecular formula is C13H11NO7. The van der Waals surface area contributed by atoms with Crippen LogP contribution in [0.25, 0.3) is 11.5 Å². The normalized spacial score (nSPS) is 10.2. The number of carbonyl (C=O) groups is 2. The molecule has 0 aliphatic heterocycles. The van der Waals surface area contributed by atoms with Gasteiger partial charge in [-0.3, -0.25) is 0 Å². The lowest BCUT2D eigenvalue weighted by Crippen LogP contribution is -2.10. The van der Waals surface area contributed by atoms with E-state index in [1.54, 1.807) is 0 Å². The minimum absolute atomic E-state index is 0.0908. The van der Waals surface area contributed by atoms with Gasteiger partial charge in [-0.2, -0.15) is 0 Å². The fourth-order valence-electron chi connectivity index (χ4n) is 1.60. The van der Waals surface area contributed by atoms with Gasteiger partial charge in [-0.1, -0.05) is 0 Å². The van der Waals surface area contributed by atoms with Gasteiger partial charge in [-0.25, -0.2) is 14.6 Å². The smallest absolute Gasteiger partial charge is 0.376 e. The molecule has 110 valence electrons. The van der Waals surface area contributed by atoms with Gasteiger partial charge in [-0.05, 0) is 12.1 Å². The third-order valence-corrected chi connectivity index (χ3v) is 2.59. The monoisotopic (exact) mass is 293 g/mol. The van der Waals surface area contributed by atoms with E-state index in [9.17, 15) is 19.8 Å². The predicted molar refractivity (Wildman–Crippen MR) is 67.9 cm³/mol. The lowest BCUT2D eigenvalue weighted by atomic mass is 10.2. The maximum atomic E-state index is 11.6. The van der Waals surface area contributed by atoms with Crippen LogP contribution >= 0.6 is 0 Å². The summed E-state index contributed by atoms with van der Waals surface area (Å²) >= 11 is 0. The number of phenols is 2. The van der Waals surface area contributed by atoms with Crippen molar-refractivity contribution in [1.82, 2.24) is 4.98 Å². The molecule has 1 aromatic carbocycles. The molecule has 0 bridgehead atoms. The topological polar surface area (TPSA) is 119 Å². The number of phenolic OH excluding ortho intramolecular Hbond substituents is 2.